The van der Waals surface area contributed by atoms with Crippen LogP contribution in [0.15, 0.2) is 24.3 Å². The van der Waals surface area contributed by atoms with Crippen molar-refractivity contribution in [1.82, 2.24) is 5.32 Å². The molecule has 0 saturated carbocycles. The van der Waals surface area contributed by atoms with E-state index in [1.54, 1.807) is 13.0 Å². The molecule has 0 aromatic rings. The van der Waals surface area contributed by atoms with Crippen LogP contribution >= 0.6 is 0 Å². The van der Waals surface area contributed by atoms with Crippen LogP contribution in [0.25, 0.3) is 0 Å². The first-order chi connectivity index (χ1) is 7.54. The Kier molecular flexibility index (Phi) is 7.29. The van der Waals surface area contributed by atoms with E-state index in [2.05, 4.69) is 11.9 Å². The van der Waals surface area contributed by atoms with E-state index in [4.69, 9.17) is 5.41 Å². The van der Waals surface area contributed by atoms with Gasteiger partial charge in [-0.1, -0.05) is 19.1 Å². The second-order valence-corrected chi connectivity index (χ2v) is 3.51. The zero-order valence-corrected chi connectivity index (χ0v) is 9.79. The molecule has 0 amide bonds. The van der Waals surface area contributed by atoms with Crippen LogP contribution in [0.1, 0.15) is 20.3 Å². The van der Waals surface area contributed by atoms with E-state index in [-0.39, 0.29) is 18.2 Å². The van der Waals surface area contributed by atoms with Crippen LogP contribution in [0.4, 0.5) is 4.39 Å². The summed E-state index contributed by atoms with van der Waals surface area (Å²) in [5, 5.41) is 9.90. The molecule has 0 aliphatic heterocycles. The molecule has 16 heavy (non-hydrogen) atoms. The average Bonchev–Trinajstić information content (AvgIpc) is 2.27. The SMILES string of the molecule is C=CC(F)CC(/C=C(\C)C(=O)C=N)NCC. The summed E-state index contributed by atoms with van der Waals surface area (Å²) in [6.45, 7) is 7.61. The predicted molar refractivity (Wildman–Crippen MR) is 64.7 cm³/mol. The van der Waals surface area contributed by atoms with Crippen LogP contribution in [0.5, 0.6) is 0 Å². The van der Waals surface area contributed by atoms with Crippen LogP contribution in [-0.4, -0.2) is 30.8 Å². The lowest BCUT2D eigenvalue weighted by Gasteiger charge is -2.15. The van der Waals surface area contributed by atoms with E-state index in [9.17, 15) is 9.18 Å². The number of ketones is 1. The number of hydrogen-bond acceptors (Lipinski definition) is 3. The van der Waals surface area contributed by atoms with Crippen molar-refractivity contribution in [2.75, 3.05) is 6.54 Å². The summed E-state index contributed by atoms with van der Waals surface area (Å²) in [5.41, 5.74) is 0.456. The fourth-order valence-corrected chi connectivity index (χ4v) is 1.31. The van der Waals surface area contributed by atoms with Gasteiger partial charge in [-0.15, -0.1) is 6.58 Å². The second-order valence-electron chi connectivity index (χ2n) is 3.51. The maximum atomic E-state index is 13.1. The molecule has 0 bridgehead atoms. The number of nitrogens with one attached hydrogen (secondary N) is 2. The molecule has 2 unspecified atom stereocenters. The van der Waals surface area contributed by atoms with Gasteiger partial charge >= 0.3 is 0 Å². The summed E-state index contributed by atoms with van der Waals surface area (Å²) in [4.78, 5) is 11.2. The molecule has 0 saturated heterocycles. The quantitative estimate of drug-likeness (QED) is 0.378. The lowest BCUT2D eigenvalue weighted by atomic mass is 10.1. The molecule has 0 aliphatic carbocycles. The second kappa shape index (κ2) is 7.93. The number of Topliss-reactive ketones (excluding diaryl/α,β-unsaturated/α-hetero) is 1. The first kappa shape index (κ1) is 14.7. The highest BCUT2D eigenvalue weighted by molar-refractivity contribution is 6.33. The van der Waals surface area contributed by atoms with Gasteiger partial charge in [0.25, 0.3) is 0 Å². The van der Waals surface area contributed by atoms with Crippen LogP contribution in [-0.2, 0) is 4.79 Å². The summed E-state index contributed by atoms with van der Waals surface area (Å²) in [6, 6.07) is -0.207. The molecule has 0 fully saturated rings. The van der Waals surface area contributed by atoms with Crippen molar-refractivity contribution < 1.29 is 9.18 Å². The van der Waals surface area contributed by atoms with Gasteiger partial charge in [0.2, 0.25) is 0 Å². The number of alkyl halides is 1. The largest absolute Gasteiger partial charge is 0.311 e. The topological polar surface area (TPSA) is 53.0 Å². The Bertz CT molecular complexity index is 287. The van der Waals surface area contributed by atoms with Crippen LogP contribution in [0, 0.1) is 5.41 Å². The average molecular weight is 226 g/mol. The minimum absolute atomic E-state index is 0.207. The van der Waals surface area contributed by atoms with E-state index < -0.39 is 6.17 Å². The third kappa shape index (κ3) is 5.56. The van der Waals surface area contributed by atoms with Crippen molar-refractivity contribution in [2.24, 2.45) is 0 Å². The molecule has 4 heteroatoms. The summed E-state index contributed by atoms with van der Waals surface area (Å²) < 4.78 is 13.1. The fraction of sp³-hybridized carbons (Fsp3) is 0.500. The molecule has 0 spiro atoms. The number of carbonyl (C=O) groups is 1. The zero-order chi connectivity index (χ0) is 12.6. The Morgan fingerprint density at radius 1 is 1.62 bits per heavy atom. The first-order valence-electron chi connectivity index (χ1n) is 5.28. The Morgan fingerprint density at radius 2 is 2.25 bits per heavy atom. The fourth-order valence-electron chi connectivity index (χ4n) is 1.31. The third-order valence-electron chi connectivity index (χ3n) is 2.17. The molecule has 0 aromatic heterocycles. The van der Waals surface area contributed by atoms with Gasteiger partial charge in [0.05, 0.1) is 6.21 Å². The molecule has 0 aliphatic rings. The highest BCUT2D eigenvalue weighted by atomic mass is 19.1. The Labute approximate surface area is 95.9 Å². The van der Waals surface area contributed by atoms with Gasteiger partial charge in [-0.2, -0.15) is 0 Å². The smallest absolute Gasteiger partial charge is 0.198 e. The van der Waals surface area contributed by atoms with E-state index in [0.717, 1.165) is 6.21 Å². The number of carbonyl (C=O) groups excluding carboxylic acids is 1. The van der Waals surface area contributed by atoms with Gasteiger partial charge < -0.3 is 10.7 Å². The summed E-state index contributed by atoms with van der Waals surface area (Å²) in [5.74, 6) is -0.350. The van der Waals surface area contributed by atoms with Crippen molar-refractivity contribution in [3.05, 3.63) is 24.3 Å². The number of likely N-dealkylation sites (N-methyl/N-ethyl adjacent to an activating group) is 1. The van der Waals surface area contributed by atoms with Gasteiger partial charge in [-0.3, -0.25) is 4.79 Å². The first-order valence-corrected chi connectivity index (χ1v) is 5.28. The molecule has 2 atom stereocenters. The molecule has 0 heterocycles. The minimum Gasteiger partial charge on any atom is -0.311 e. The lowest BCUT2D eigenvalue weighted by Crippen LogP contribution is -2.30. The van der Waals surface area contributed by atoms with E-state index in [1.807, 2.05) is 6.92 Å². The van der Waals surface area contributed by atoms with Gasteiger partial charge in [0, 0.05) is 12.5 Å². The monoisotopic (exact) mass is 226 g/mol. The van der Waals surface area contributed by atoms with Gasteiger partial charge in [-0.25, -0.2) is 4.39 Å². The maximum absolute atomic E-state index is 13.1. The molecule has 3 nitrogen and oxygen atoms in total. The van der Waals surface area contributed by atoms with Gasteiger partial charge in [0.1, 0.15) is 6.17 Å². The van der Waals surface area contributed by atoms with Crippen molar-refractivity contribution >= 4 is 12.0 Å². The highest BCUT2D eigenvalue weighted by Crippen LogP contribution is 2.07. The number of hydrogen-bond donors (Lipinski definition) is 2. The van der Waals surface area contributed by atoms with Crippen molar-refractivity contribution in [1.29, 1.82) is 5.41 Å². The molecule has 90 valence electrons. The third-order valence-corrected chi connectivity index (χ3v) is 2.17. The maximum Gasteiger partial charge on any atom is 0.198 e. The van der Waals surface area contributed by atoms with Crippen LogP contribution in [0.3, 0.4) is 0 Å². The predicted octanol–water partition coefficient (Wildman–Crippen LogP) is 2.04. The Hall–Kier alpha value is -1.29. The van der Waals surface area contributed by atoms with E-state index in [1.165, 1.54) is 6.08 Å². The standard InChI is InChI=1S/C12H19FN2O/c1-4-10(13)7-11(15-5-2)6-9(3)12(16)8-14/h4,6,8,10-11,14-15H,1,5,7H2,2-3H3/b9-6+,14-8?. The van der Waals surface area contributed by atoms with E-state index in [0.29, 0.717) is 12.1 Å². The molecule has 2 N–H and O–H groups in total. The van der Waals surface area contributed by atoms with E-state index >= 15 is 0 Å². The summed E-state index contributed by atoms with van der Waals surface area (Å²) in [6.07, 6.45) is 2.82. The normalized spacial score (nSPS) is 15.3. The number of rotatable bonds is 8. The zero-order valence-electron chi connectivity index (χ0n) is 9.79. The van der Waals surface area contributed by atoms with Gasteiger partial charge in [-0.05, 0) is 19.0 Å². The van der Waals surface area contributed by atoms with Crippen LogP contribution in [0.2, 0.25) is 0 Å². The highest BCUT2D eigenvalue weighted by Gasteiger charge is 2.12. The summed E-state index contributed by atoms with van der Waals surface area (Å²) >= 11 is 0. The molecule has 0 aromatic carbocycles. The number of halogens is 1. The molecular formula is C12H19FN2O. The Morgan fingerprint density at radius 3 is 2.69 bits per heavy atom. The van der Waals surface area contributed by atoms with Crippen molar-refractivity contribution in [3.63, 3.8) is 0 Å². The van der Waals surface area contributed by atoms with Crippen molar-refractivity contribution in [3.8, 4) is 0 Å². The van der Waals surface area contributed by atoms with Gasteiger partial charge in [0.15, 0.2) is 5.78 Å². The Balaban J connectivity index is 4.58. The lowest BCUT2D eigenvalue weighted by molar-refractivity contribution is -0.109. The van der Waals surface area contributed by atoms with Crippen molar-refractivity contribution in [2.45, 2.75) is 32.5 Å². The number of allylic oxidation sites excluding steroid dienone is 2. The summed E-state index contributed by atoms with van der Waals surface area (Å²) in [7, 11) is 0. The van der Waals surface area contributed by atoms with Crippen LogP contribution < -0.4 is 5.32 Å². The minimum atomic E-state index is -1.09. The molecule has 0 rings (SSSR count). The molecular weight excluding hydrogens is 207 g/mol. The molecule has 0 radical (unpaired) electrons.